The van der Waals surface area contributed by atoms with Crippen LogP contribution in [0.5, 0.6) is 0 Å². The van der Waals surface area contributed by atoms with Crippen LogP contribution in [0, 0.1) is 5.92 Å². The Morgan fingerprint density at radius 1 is 1.12 bits per heavy atom. The fraction of sp³-hybridized carbons (Fsp3) is 0.304. The zero-order valence-corrected chi connectivity index (χ0v) is 18.8. The summed E-state index contributed by atoms with van der Waals surface area (Å²) < 4.78 is 1.58. The molecule has 0 bridgehead atoms. The van der Waals surface area contributed by atoms with Gasteiger partial charge in [0, 0.05) is 30.0 Å². The molecule has 1 saturated heterocycles. The van der Waals surface area contributed by atoms with E-state index in [-0.39, 0.29) is 17.2 Å². The number of carboxylic acids is 1. The van der Waals surface area contributed by atoms with Crippen molar-refractivity contribution in [1.82, 2.24) is 14.5 Å². The molecular weight excluding hydrogens is 450 g/mol. The van der Waals surface area contributed by atoms with E-state index in [2.05, 4.69) is 4.98 Å². The Hall–Kier alpha value is -2.84. The number of hydrogen-bond acceptors (Lipinski definition) is 6. The van der Waals surface area contributed by atoms with Crippen LogP contribution in [-0.4, -0.2) is 45.2 Å². The van der Waals surface area contributed by atoms with Gasteiger partial charge in [-0.15, -0.1) is 0 Å². The molecule has 9 heteroatoms. The number of carbonyl (C=O) groups is 2. The number of likely N-dealkylation sites (tertiary alicyclic amines) is 1. The van der Waals surface area contributed by atoms with E-state index in [1.165, 1.54) is 11.8 Å². The minimum absolute atomic E-state index is 0.100. The fourth-order valence-electron chi connectivity index (χ4n) is 3.77. The highest BCUT2D eigenvalue weighted by Gasteiger charge is 2.24. The highest BCUT2D eigenvalue weighted by molar-refractivity contribution is 7.99. The Bertz CT molecular complexity index is 1210. The molecule has 0 spiro atoms. The summed E-state index contributed by atoms with van der Waals surface area (Å²) in [6.45, 7) is 1.10. The molecule has 0 unspecified atom stereocenters. The van der Waals surface area contributed by atoms with Gasteiger partial charge in [-0.3, -0.25) is 14.2 Å². The zero-order valence-electron chi connectivity index (χ0n) is 17.2. The number of hydrogen-bond donors (Lipinski definition) is 0. The molecule has 1 amide bonds. The molecule has 0 N–H and O–H groups in total. The quantitative estimate of drug-likeness (QED) is 0.405. The van der Waals surface area contributed by atoms with Crippen LogP contribution >= 0.6 is 23.4 Å². The summed E-state index contributed by atoms with van der Waals surface area (Å²) in [5, 5.41) is 12.4. The van der Waals surface area contributed by atoms with E-state index >= 15 is 0 Å². The first-order valence-corrected chi connectivity index (χ1v) is 11.6. The maximum absolute atomic E-state index is 13.2. The van der Waals surface area contributed by atoms with Crippen LogP contribution in [0.1, 0.15) is 18.4 Å². The van der Waals surface area contributed by atoms with Crippen molar-refractivity contribution in [3.05, 3.63) is 69.5 Å². The van der Waals surface area contributed by atoms with Crippen molar-refractivity contribution in [3.63, 3.8) is 0 Å². The van der Waals surface area contributed by atoms with Crippen molar-refractivity contribution in [2.75, 3.05) is 18.8 Å². The Morgan fingerprint density at radius 2 is 1.84 bits per heavy atom. The third-order valence-corrected chi connectivity index (χ3v) is 6.77. The first kappa shape index (κ1) is 22.4. The molecule has 1 fully saturated rings. The summed E-state index contributed by atoms with van der Waals surface area (Å²) in [6, 6.07) is 14.5. The largest absolute Gasteiger partial charge is 0.550 e. The monoisotopic (exact) mass is 470 g/mol. The maximum atomic E-state index is 13.2. The molecule has 1 aromatic heterocycles. The predicted molar refractivity (Wildman–Crippen MR) is 122 cm³/mol. The molecule has 0 radical (unpaired) electrons. The Kier molecular flexibility index (Phi) is 6.81. The molecule has 0 atom stereocenters. The van der Waals surface area contributed by atoms with Gasteiger partial charge in [0.15, 0.2) is 5.16 Å². The van der Waals surface area contributed by atoms with E-state index in [0.717, 1.165) is 5.56 Å². The second kappa shape index (κ2) is 9.75. The molecule has 32 heavy (non-hydrogen) atoms. The number of thioether (sulfide) groups is 1. The van der Waals surface area contributed by atoms with Crippen LogP contribution in [0.15, 0.2) is 58.5 Å². The number of carbonyl (C=O) groups excluding carboxylic acids is 2. The Morgan fingerprint density at radius 3 is 2.53 bits per heavy atom. The van der Waals surface area contributed by atoms with Crippen molar-refractivity contribution in [2.24, 2.45) is 5.92 Å². The summed E-state index contributed by atoms with van der Waals surface area (Å²) >= 11 is 7.29. The lowest BCUT2D eigenvalue weighted by Gasteiger charge is -2.32. The number of carboxylic acid groups (broad SMARTS) is 1. The molecule has 1 aliphatic rings. The van der Waals surface area contributed by atoms with Gasteiger partial charge in [0.1, 0.15) is 0 Å². The predicted octanol–water partition coefficient (Wildman–Crippen LogP) is 2.18. The maximum Gasteiger partial charge on any atom is 0.262 e. The number of rotatable bonds is 6. The number of aliphatic carboxylic acids is 1. The smallest absolute Gasteiger partial charge is 0.262 e. The van der Waals surface area contributed by atoms with E-state index in [1.54, 1.807) is 27.7 Å². The number of piperidine rings is 1. The van der Waals surface area contributed by atoms with Crippen LogP contribution in [-0.2, 0) is 16.1 Å². The second-order valence-corrected chi connectivity index (χ2v) is 9.07. The highest BCUT2D eigenvalue weighted by Crippen LogP contribution is 2.23. The number of nitrogens with zero attached hydrogens (tertiary/aromatic N) is 3. The molecule has 3 aromatic rings. The number of benzene rings is 2. The highest BCUT2D eigenvalue weighted by atomic mass is 35.5. The molecular formula is C23H21ClN3O4S-. The van der Waals surface area contributed by atoms with Gasteiger partial charge in [-0.1, -0.05) is 53.7 Å². The van der Waals surface area contributed by atoms with E-state index < -0.39 is 11.9 Å². The lowest BCUT2D eigenvalue weighted by Crippen LogP contribution is -2.44. The van der Waals surface area contributed by atoms with Crippen LogP contribution in [0.4, 0.5) is 0 Å². The zero-order chi connectivity index (χ0) is 22.7. The van der Waals surface area contributed by atoms with Crippen molar-refractivity contribution in [3.8, 4) is 0 Å². The summed E-state index contributed by atoms with van der Waals surface area (Å²) in [6.07, 6.45) is 0.786. The molecule has 166 valence electrons. The van der Waals surface area contributed by atoms with Crippen molar-refractivity contribution >= 4 is 46.1 Å². The number of fused-ring (bicyclic) bond motifs is 1. The van der Waals surface area contributed by atoms with Gasteiger partial charge in [0.05, 0.1) is 23.2 Å². The van der Waals surface area contributed by atoms with Gasteiger partial charge >= 0.3 is 0 Å². The molecule has 2 aromatic carbocycles. The van der Waals surface area contributed by atoms with Crippen LogP contribution in [0.3, 0.4) is 0 Å². The SMILES string of the molecule is O=C([O-])C1CCN(C(=O)CSc2nc3cc(Cl)ccc3c(=O)n2Cc2ccccc2)CC1. The number of amides is 1. The van der Waals surface area contributed by atoms with Crippen LogP contribution in [0.2, 0.25) is 5.02 Å². The van der Waals surface area contributed by atoms with Crippen LogP contribution < -0.4 is 10.7 Å². The standard InChI is InChI=1S/C23H22ClN3O4S/c24-17-6-7-18-19(12-17)25-23(27(21(18)29)13-15-4-2-1-3-5-15)32-14-20(28)26-10-8-16(9-11-26)22(30)31/h1-7,12,16H,8-11,13-14H2,(H,30,31)/p-1. The second-order valence-electron chi connectivity index (χ2n) is 7.70. The van der Waals surface area contributed by atoms with E-state index in [0.29, 0.717) is 53.6 Å². The van der Waals surface area contributed by atoms with E-state index in [9.17, 15) is 19.5 Å². The summed E-state index contributed by atoms with van der Waals surface area (Å²) in [5.41, 5.74) is 1.24. The lowest BCUT2D eigenvalue weighted by molar-refractivity contribution is -0.312. The van der Waals surface area contributed by atoms with Gasteiger partial charge in [0.25, 0.3) is 5.56 Å². The molecule has 0 aliphatic carbocycles. The van der Waals surface area contributed by atoms with Crippen molar-refractivity contribution in [2.45, 2.75) is 24.5 Å². The van der Waals surface area contributed by atoms with Gasteiger partial charge in [0.2, 0.25) is 5.91 Å². The van der Waals surface area contributed by atoms with Gasteiger partial charge in [-0.2, -0.15) is 0 Å². The van der Waals surface area contributed by atoms with Crippen LogP contribution in [0.25, 0.3) is 10.9 Å². The average molecular weight is 471 g/mol. The van der Waals surface area contributed by atoms with Gasteiger partial charge in [-0.05, 0) is 36.6 Å². The van der Waals surface area contributed by atoms with Gasteiger partial charge < -0.3 is 14.8 Å². The lowest BCUT2D eigenvalue weighted by atomic mass is 9.97. The summed E-state index contributed by atoms with van der Waals surface area (Å²) in [5.74, 6) is -1.58. The summed E-state index contributed by atoms with van der Waals surface area (Å²) in [4.78, 5) is 43.3. The fourth-order valence-corrected chi connectivity index (χ4v) is 4.84. The Balaban J connectivity index is 1.58. The van der Waals surface area contributed by atoms with E-state index in [1.807, 2.05) is 30.3 Å². The third-order valence-electron chi connectivity index (χ3n) is 5.57. The average Bonchev–Trinajstić information content (AvgIpc) is 2.80. The molecule has 7 nitrogen and oxygen atoms in total. The molecule has 2 heterocycles. The minimum Gasteiger partial charge on any atom is -0.550 e. The molecule has 1 aliphatic heterocycles. The molecule has 0 saturated carbocycles. The normalized spacial score (nSPS) is 14.6. The molecule has 4 rings (SSSR count). The van der Waals surface area contributed by atoms with Crippen molar-refractivity contribution < 1.29 is 14.7 Å². The number of halogens is 1. The summed E-state index contributed by atoms with van der Waals surface area (Å²) in [7, 11) is 0. The third kappa shape index (κ3) is 4.97. The first-order chi connectivity index (χ1) is 15.4. The van der Waals surface area contributed by atoms with E-state index in [4.69, 9.17) is 11.6 Å². The topological polar surface area (TPSA) is 95.3 Å². The first-order valence-electron chi connectivity index (χ1n) is 10.3. The number of aromatic nitrogens is 2. The van der Waals surface area contributed by atoms with Gasteiger partial charge in [-0.25, -0.2) is 4.98 Å². The minimum atomic E-state index is -1.06. The van der Waals surface area contributed by atoms with Crippen molar-refractivity contribution in [1.29, 1.82) is 0 Å². The Labute approximate surface area is 194 Å².